The standard InChI is InChI=1S/C14H21BrN2O3S/c1-20-13-2-3-14(15)11(8-13)7-12(17-16)6-10-4-5-21(18,19)9-10/h2-3,8,10,12,17H,4-7,9,16H2,1H3. The van der Waals surface area contributed by atoms with E-state index in [4.69, 9.17) is 10.6 Å². The molecule has 0 aliphatic carbocycles. The minimum absolute atomic E-state index is 0.0479. The van der Waals surface area contributed by atoms with Gasteiger partial charge in [-0.05, 0) is 48.9 Å². The van der Waals surface area contributed by atoms with Gasteiger partial charge in [-0.15, -0.1) is 0 Å². The second-order valence-corrected chi connectivity index (χ2v) is 8.61. The topological polar surface area (TPSA) is 81.4 Å². The van der Waals surface area contributed by atoms with E-state index in [1.54, 1.807) is 7.11 Å². The number of hydrogen-bond donors (Lipinski definition) is 2. The van der Waals surface area contributed by atoms with Gasteiger partial charge in [0.1, 0.15) is 5.75 Å². The molecule has 0 spiro atoms. The molecule has 0 bridgehead atoms. The number of nitrogens with two attached hydrogens (primary N) is 1. The van der Waals surface area contributed by atoms with Crippen LogP contribution in [0.15, 0.2) is 22.7 Å². The predicted molar refractivity (Wildman–Crippen MR) is 86.9 cm³/mol. The van der Waals surface area contributed by atoms with Gasteiger partial charge in [0.25, 0.3) is 0 Å². The Labute approximate surface area is 134 Å². The van der Waals surface area contributed by atoms with Gasteiger partial charge in [-0.1, -0.05) is 15.9 Å². The van der Waals surface area contributed by atoms with Crippen LogP contribution in [0, 0.1) is 5.92 Å². The first-order chi connectivity index (χ1) is 9.93. The molecule has 2 rings (SSSR count). The zero-order valence-corrected chi connectivity index (χ0v) is 14.4. The molecule has 1 aromatic carbocycles. The van der Waals surface area contributed by atoms with Gasteiger partial charge in [0.05, 0.1) is 18.6 Å². The first-order valence-corrected chi connectivity index (χ1v) is 9.54. The summed E-state index contributed by atoms with van der Waals surface area (Å²) in [6.45, 7) is 0. The van der Waals surface area contributed by atoms with E-state index >= 15 is 0 Å². The summed E-state index contributed by atoms with van der Waals surface area (Å²) in [6.07, 6.45) is 2.23. The molecule has 3 N–H and O–H groups in total. The van der Waals surface area contributed by atoms with Gasteiger partial charge < -0.3 is 4.74 Å². The number of rotatable bonds is 6. The Morgan fingerprint density at radius 3 is 2.86 bits per heavy atom. The maximum absolute atomic E-state index is 11.5. The molecular weight excluding hydrogens is 356 g/mol. The second-order valence-electron chi connectivity index (χ2n) is 5.53. The largest absolute Gasteiger partial charge is 0.497 e. The van der Waals surface area contributed by atoms with Crippen molar-refractivity contribution in [2.75, 3.05) is 18.6 Å². The van der Waals surface area contributed by atoms with E-state index in [9.17, 15) is 8.42 Å². The van der Waals surface area contributed by atoms with Crippen LogP contribution in [-0.2, 0) is 16.3 Å². The molecule has 2 unspecified atom stereocenters. The van der Waals surface area contributed by atoms with Gasteiger partial charge in [-0.2, -0.15) is 0 Å². The maximum Gasteiger partial charge on any atom is 0.150 e. The van der Waals surface area contributed by atoms with Gasteiger partial charge >= 0.3 is 0 Å². The Bertz CT molecular complexity index is 592. The number of nitrogens with one attached hydrogen (secondary N) is 1. The van der Waals surface area contributed by atoms with Crippen molar-refractivity contribution in [1.29, 1.82) is 0 Å². The smallest absolute Gasteiger partial charge is 0.150 e. The third-order valence-electron chi connectivity index (χ3n) is 3.90. The lowest BCUT2D eigenvalue weighted by atomic mass is 9.95. The number of hydrogen-bond acceptors (Lipinski definition) is 5. The van der Waals surface area contributed by atoms with E-state index in [1.165, 1.54) is 0 Å². The minimum atomic E-state index is -2.84. The summed E-state index contributed by atoms with van der Waals surface area (Å²) in [5.74, 6) is 7.22. The van der Waals surface area contributed by atoms with Gasteiger partial charge in [0, 0.05) is 10.5 Å². The third kappa shape index (κ3) is 4.67. The van der Waals surface area contributed by atoms with Crippen LogP contribution >= 0.6 is 15.9 Å². The minimum Gasteiger partial charge on any atom is -0.497 e. The van der Waals surface area contributed by atoms with Gasteiger partial charge in [0.2, 0.25) is 0 Å². The van der Waals surface area contributed by atoms with E-state index < -0.39 is 9.84 Å². The van der Waals surface area contributed by atoms with Gasteiger partial charge in [-0.25, -0.2) is 8.42 Å². The number of halogens is 1. The summed E-state index contributed by atoms with van der Waals surface area (Å²) in [5.41, 5.74) is 3.91. The summed E-state index contributed by atoms with van der Waals surface area (Å²) >= 11 is 3.53. The van der Waals surface area contributed by atoms with E-state index in [0.29, 0.717) is 5.75 Å². The number of hydrazine groups is 1. The first-order valence-electron chi connectivity index (χ1n) is 6.92. The molecule has 1 fully saturated rings. The SMILES string of the molecule is COc1ccc(Br)c(CC(CC2CCS(=O)(=O)C2)NN)c1. The van der Waals surface area contributed by atoms with Crippen LogP contribution in [0.3, 0.4) is 0 Å². The Morgan fingerprint density at radius 2 is 2.29 bits per heavy atom. The van der Waals surface area contributed by atoms with Crippen molar-refractivity contribution in [3.8, 4) is 5.75 Å². The van der Waals surface area contributed by atoms with E-state index in [-0.39, 0.29) is 17.7 Å². The molecule has 2 atom stereocenters. The summed E-state index contributed by atoms with van der Waals surface area (Å²) in [7, 11) is -1.20. The van der Waals surface area contributed by atoms with Crippen LogP contribution in [0.1, 0.15) is 18.4 Å². The third-order valence-corrected chi connectivity index (χ3v) is 6.51. The molecule has 7 heteroatoms. The fourth-order valence-corrected chi connectivity index (χ4v) is 5.06. The van der Waals surface area contributed by atoms with E-state index in [0.717, 1.165) is 35.0 Å². The van der Waals surface area contributed by atoms with E-state index in [2.05, 4.69) is 21.4 Å². The van der Waals surface area contributed by atoms with Crippen molar-refractivity contribution >= 4 is 25.8 Å². The lowest BCUT2D eigenvalue weighted by Gasteiger charge is -2.20. The molecule has 0 amide bonds. The molecular formula is C14H21BrN2O3S. The van der Waals surface area contributed by atoms with Gasteiger partial charge in [0.15, 0.2) is 9.84 Å². The molecule has 0 radical (unpaired) electrons. The van der Waals surface area contributed by atoms with Crippen LogP contribution in [0.4, 0.5) is 0 Å². The number of sulfone groups is 1. The van der Waals surface area contributed by atoms with Gasteiger partial charge in [-0.3, -0.25) is 11.3 Å². The highest BCUT2D eigenvalue weighted by Crippen LogP contribution is 2.27. The maximum atomic E-state index is 11.5. The Balaban J connectivity index is 2.02. The zero-order valence-electron chi connectivity index (χ0n) is 12.0. The summed E-state index contributed by atoms with van der Waals surface area (Å²) in [4.78, 5) is 0. The fourth-order valence-electron chi connectivity index (χ4n) is 2.77. The quantitative estimate of drug-likeness (QED) is 0.582. The number of ether oxygens (including phenoxy) is 1. The molecule has 1 heterocycles. The van der Waals surface area contributed by atoms with Crippen molar-refractivity contribution < 1.29 is 13.2 Å². The molecule has 5 nitrogen and oxygen atoms in total. The molecule has 1 aliphatic rings. The predicted octanol–water partition coefficient (Wildman–Crippen LogP) is 1.66. The lowest BCUT2D eigenvalue weighted by molar-refractivity contribution is 0.403. The van der Waals surface area contributed by atoms with Crippen molar-refractivity contribution in [2.45, 2.75) is 25.3 Å². The van der Waals surface area contributed by atoms with Crippen LogP contribution in [-0.4, -0.2) is 33.1 Å². The second kappa shape index (κ2) is 7.09. The van der Waals surface area contributed by atoms with Crippen LogP contribution in [0.5, 0.6) is 5.75 Å². The molecule has 21 heavy (non-hydrogen) atoms. The number of benzene rings is 1. The van der Waals surface area contributed by atoms with Crippen LogP contribution in [0.25, 0.3) is 0 Å². The van der Waals surface area contributed by atoms with Crippen molar-refractivity contribution in [1.82, 2.24) is 5.43 Å². The molecule has 1 aliphatic heterocycles. The monoisotopic (exact) mass is 376 g/mol. The van der Waals surface area contributed by atoms with Crippen LogP contribution in [0.2, 0.25) is 0 Å². The van der Waals surface area contributed by atoms with Crippen molar-refractivity contribution in [3.63, 3.8) is 0 Å². The molecule has 0 aromatic heterocycles. The highest BCUT2D eigenvalue weighted by Gasteiger charge is 2.29. The lowest BCUT2D eigenvalue weighted by Crippen LogP contribution is -2.38. The molecule has 1 saturated heterocycles. The first kappa shape index (κ1) is 16.7. The average molecular weight is 377 g/mol. The average Bonchev–Trinajstić information content (AvgIpc) is 2.79. The Kier molecular flexibility index (Phi) is 5.65. The fraction of sp³-hybridized carbons (Fsp3) is 0.571. The zero-order chi connectivity index (χ0) is 15.5. The molecule has 1 aromatic rings. The summed E-state index contributed by atoms with van der Waals surface area (Å²) in [5, 5.41) is 0. The highest BCUT2D eigenvalue weighted by atomic mass is 79.9. The summed E-state index contributed by atoms with van der Waals surface area (Å²) in [6, 6.07) is 5.86. The van der Waals surface area contributed by atoms with Crippen LogP contribution < -0.4 is 16.0 Å². The molecule has 118 valence electrons. The normalized spacial score (nSPS) is 22.1. The number of methoxy groups -OCH3 is 1. The Hall–Kier alpha value is -0.630. The highest BCUT2D eigenvalue weighted by molar-refractivity contribution is 9.10. The van der Waals surface area contributed by atoms with Crippen molar-refractivity contribution in [2.24, 2.45) is 11.8 Å². The molecule has 0 saturated carbocycles. The Morgan fingerprint density at radius 1 is 1.52 bits per heavy atom. The summed E-state index contributed by atoms with van der Waals surface area (Å²) < 4.78 is 29.3. The van der Waals surface area contributed by atoms with E-state index in [1.807, 2.05) is 18.2 Å². The van der Waals surface area contributed by atoms with Crippen molar-refractivity contribution in [3.05, 3.63) is 28.2 Å².